The first-order valence-corrected chi connectivity index (χ1v) is 12.9. The van der Waals surface area contributed by atoms with Crippen LogP contribution in [0.25, 0.3) is 0 Å². The molecule has 0 aromatic heterocycles. The Bertz CT molecular complexity index is 1130. The van der Waals surface area contributed by atoms with Crippen LogP contribution >= 0.6 is 45.2 Å². The number of benzene rings is 2. The molecule has 0 unspecified atom stereocenters. The Morgan fingerprint density at radius 3 is 2.16 bits per heavy atom. The van der Waals surface area contributed by atoms with E-state index in [1.165, 1.54) is 0 Å². The van der Waals surface area contributed by atoms with E-state index in [0.29, 0.717) is 6.61 Å². The second-order valence-electron chi connectivity index (χ2n) is 9.04. The number of rotatable bonds is 5. The number of allylic oxidation sites excluding steroid dienone is 2. The molecule has 2 bridgehead atoms. The minimum atomic E-state index is -0.216. The molecule has 1 spiro atoms. The smallest absolute Gasteiger partial charge is 0.254 e. The summed E-state index contributed by atoms with van der Waals surface area (Å²) in [5.74, 6) is 0.567. The van der Waals surface area contributed by atoms with Gasteiger partial charge in [0.1, 0.15) is 12.4 Å². The van der Waals surface area contributed by atoms with Gasteiger partial charge in [0.15, 0.2) is 0 Å². The minimum absolute atomic E-state index is 0.133. The van der Waals surface area contributed by atoms with Gasteiger partial charge in [0.05, 0.1) is 25.2 Å². The molecule has 1 aliphatic heterocycles. The highest BCUT2D eigenvalue weighted by atomic mass is 127. The molecule has 5 nitrogen and oxygen atoms in total. The number of carbonyl (C=O) groups is 2. The molecule has 2 aromatic rings. The van der Waals surface area contributed by atoms with Crippen LogP contribution in [0.3, 0.4) is 0 Å². The van der Waals surface area contributed by atoms with Gasteiger partial charge < -0.3 is 4.74 Å². The minimum Gasteiger partial charge on any atom is -0.487 e. The van der Waals surface area contributed by atoms with E-state index in [-0.39, 0.29) is 40.9 Å². The first kappa shape index (κ1) is 20.8. The number of halogens is 2. The number of imide groups is 1. The van der Waals surface area contributed by atoms with Gasteiger partial charge in [0.25, 0.3) is 11.8 Å². The van der Waals surface area contributed by atoms with Crippen LogP contribution < -0.4 is 4.74 Å². The monoisotopic (exact) mass is 650 g/mol. The van der Waals surface area contributed by atoms with Gasteiger partial charge in [-0.25, -0.2) is 0 Å². The number of carbonyl (C=O) groups excluding carboxylic acids is 2. The topological polar surface area (TPSA) is 59.0 Å². The highest BCUT2D eigenvalue weighted by molar-refractivity contribution is 14.1. The van der Waals surface area contributed by atoms with Crippen molar-refractivity contribution in [1.82, 2.24) is 5.01 Å². The number of fused-ring (bicyclic) bond motifs is 3. The predicted octanol–water partition coefficient (Wildman–Crippen LogP) is 5.01. The lowest BCUT2D eigenvalue weighted by molar-refractivity contribution is -0.141. The van der Waals surface area contributed by atoms with Crippen molar-refractivity contribution in [1.29, 1.82) is 0 Å². The Morgan fingerprint density at radius 2 is 1.59 bits per heavy atom. The molecule has 4 aliphatic rings. The standard InChI is InChI=1S/C25H20I2N2O3/c26-18-10-15(11-19(27)22(18)32-13-14-4-2-1-3-5-14)12-28-29-23(30)20-16-6-7-17(21(20)24(29)31)25(16)8-9-25/h1-7,10-12,16-17,20-21H,8-9,13H2/b28-12-/t16-,17-,20-,21-/m1/s1. The Labute approximate surface area is 213 Å². The first-order valence-electron chi connectivity index (χ1n) is 10.8. The Morgan fingerprint density at radius 1 is 1.00 bits per heavy atom. The van der Waals surface area contributed by atoms with Gasteiger partial charge in [-0.3, -0.25) is 9.59 Å². The van der Waals surface area contributed by atoms with Crippen LogP contribution in [0.4, 0.5) is 0 Å². The number of ether oxygens (including phenoxy) is 1. The van der Waals surface area contributed by atoms with Crippen molar-refractivity contribution >= 4 is 63.2 Å². The van der Waals surface area contributed by atoms with E-state index >= 15 is 0 Å². The van der Waals surface area contributed by atoms with Crippen molar-refractivity contribution in [2.75, 3.05) is 0 Å². The van der Waals surface area contributed by atoms with Crippen LogP contribution in [-0.4, -0.2) is 23.0 Å². The van der Waals surface area contributed by atoms with Crippen molar-refractivity contribution in [2.24, 2.45) is 34.2 Å². The van der Waals surface area contributed by atoms with Gasteiger partial charge in [0.2, 0.25) is 0 Å². The molecule has 2 amide bonds. The summed E-state index contributed by atoms with van der Waals surface area (Å²) < 4.78 is 7.96. The summed E-state index contributed by atoms with van der Waals surface area (Å²) in [6.45, 7) is 0.498. The van der Waals surface area contributed by atoms with Crippen LogP contribution in [0.2, 0.25) is 0 Å². The number of nitrogens with zero attached hydrogens (tertiary/aromatic N) is 2. The molecule has 7 heteroatoms. The average Bonchev–Trinajstić information content (AvgIpc) is 3.38. The zero-order valence-corrected chi connectivity index (χ0v) is 21.4. The van der Waals surface area contributed by atoms with Crippen molar-refractivity contribution in [2.45, 2.75) is 19.4 Å². The lowest BCUT2D eigenvalue weighted by Crippen LogP contribution is -2.30. The van der Waals surface area contributed by atoms with Gasteiger partial charge in [0, 0.05) is 0 Å². The first-order chi connectivity index (χ1) is 15.5. The molecular formula is C25H20I2N2O3. The second-order valence-corrected chi connectivity index (χ2v) is 11.4. The number of hydrazone groups is 1. The molecule has 6 rings (SSSR count). The average molecular weight is 650 g/mol. The third-order valence-corrected chi connectivity index (χ3v) is 9.00. The quantitative estimate of drug-likeness (QED) is 0.198. The van der Waals surface area contributed by atoms with Crippen molar-refractivity contribution in [3.8, 4) is 5.75 Å². The molecule has 1 saturated heterocycles. The summed E-state index contributed by atoms with van der Waals surface area (Å²) in [7, 11) is 0. The van der Waals surface area contributed by atoms with E-state index in [0.717, 1.165) is 41.9 Å². The van der Waals surface area contributed by atoms with Gasteiger partial charge in [-0.05, 0) is 98.5 Å². The molecule has 32 heavy (non-hydrogen) atoms. The van der Waals surface area contributed by atoms with Crippen LogP contribution in [0, 0.1) is 36.2 Å². The summed E-state index contributed by atoms with van der Waals surface area (Å²) in [5, 5.41) is 5.46. The zero-order chi connectivity index (χ0) is 22.0. The van der Waals surface area contributed by atoms with Gasteiger partial charge in [-0.1, -0.05) is 42.5 Å². The van der Waals surface area contributed by atoms with Gasteiger partial charge in [-0.15, -0.1) is 0 Å². The number of amides is 2. The maximum Gasteiger partial charge on any atom is 0.254 e. The molecule has 0 N–H and O–H groups in total. The fraction of sp³-hybridized carbons (Fsp3) is 0.320. The fourth-order valence-corrected chi connectivity index (χ4v) is 7.95. The molecule has 2 aromatic carbocycles. The lowest BCUT2D eigenvalue weighted by atomic mass is 9.85. The zero-order valence-electron chi connectivity index (χ0n) is 17.1. The molecule has 4 atom stereocenters. The SMILES string of the molecule is O=C1[C@H]2[C@H](C(=O)N1/N=C\c1cc(I)c(OCc3ccccc3)c(I)c1)[C@H]1C=C[C@H]2C12CC2. The van der Waals surface area contributed by atoms with Crippen LogP contribution in [-0.2, 0) is 16.2 Å². The Kier molecular flexibility index (Phi) is 4.98. The number of hydrogen-bond acceptors (Lipinski definition) is 4. The molecule has 1 heterocycles. The van der Waals surface area contributed by atoms with E-state index in [1.807, 2.05) is 42.5 Å². The molecule has 3 fully saturated rings. The Balaban J connectivity index is 1.19. The third kappa shape index (κ3) is 3.10. The highest BCUT2D eigenvalue weighted by Crippen LogP contribution is 2.73. The summed E-state index contributed by atoms with van der Waals surface area (Å²) in [4.78, 5) is 26.1. The lowest BCUT2D eigenvalue weighted by Gasteiger charge is -2.18. The van der Waals surface area contributed by atoms with E-state index in [9.17, 15) is 9.59 Å². The fourth-order valence-electron chi connectivity index (χ4n) is 5.82. The van der Waals surface area contributed by atoms with Crippen molar-refractivity contribution < 1.29 is 14.3 Å². The van der Waals surface area contributed by atoms with E-state index in [1.54, 1.807) is 6.21 Å². The van der Waals surface area contributed by atoms with Crippen molar-refractivity contribution in [3.05, 3.63) is 72.9 Å². The summed E-state index contributed by atoms with van der Waals surface area (Å²) >= 11 is 4.50. The molecule has 162 valence electrons. The van der Waals surface area contributed by atoms with Gasteiger partial charge in [-0.2, -0.15) is 10.1 Å². The maximum absolute atomic E-state index is 13.1. The van der Waals surface area contributed by atoms with E-state index in [2.05, 4.69) is 62.4 Å². The predicted molar refractivity (Wildman–Crippen MR) is 137 cm³/mol. The molecule has 0 radical (unpaired) electrons. The summed E-state index contributed by atoms with van der Waals surface area (Å²) in [6.07, 6.45) is 8.25. The largest absolute Gasteiger partial charge is 0.487 e. The van der Waals surface area contributed by atoms with Crippen molar-refractivity contribution in [3.63, 3.8) is 0 Å². The molecule has 2 saturated carbocycles. The normalized spacial score (nSPS) is 28.9. The van der Waals surface area contributed by atoms with E-state index in [4.69, 9.17) is 4.74 Å². The second kappa shape index (κ2) is 7.65. The summed E-state index contributed by atoms with van der Waals surface area (Å²) in [6, 6.07) is 14.0. The van der Waals surface area contributed by atoms with Gasteiger partial charge >= 0.3 is 0 Å². The maximum atomic E-state index is 13.1. The number of hydrogen-bond donors (Lipinski definition) is 0. The van der Waals surface area contributed by atoms with E-state index < -0.39 is 0 Å². The van der Waals surface area contributed by atoms with Crippen LogP contribution in [0.1, 0.15) is 24.0 Å². The molecule has 3 aliphatic carbocycles. The van der Waals surface area contributed by atoms with Crippen LogP contribution in [0.5, 0.6) is 5.75 Å². The highest BCUT2D eigenvalue weighted by Gasteiger charge is 2.73. The summed E-state index contributed by atoms with van der Waals surface area (Å²) in [5.41, 5.74) is 2.15. The third-order valence-electron chi connectivity index (χ3n) is 7.40. The molecular weight excluding hydrogens is 630 g/mol. The Hall–Kier alpha value is -1.75. The van der Waals surface area contributed by atoms with Crippen LogP contribution in [0.15, 0.2) is 59.7 Å².